The normalized spacial score (nSPS) is 17.4. The lowest BCUT2D eigenvalue weighted by Gasteiger charge is -2.24. The zero-order valence-corrected chi connectivity index (χ0v) is 10.4. The molecule has 3 atom stereocenters. The van der Waals surface area contributed by atoms with Gasteiger partial charge in [-0.25, -0.2) is 22.0 Å². The largest absolute Gasteiger partial charge is 0.329 e. The van der Waals surface area contributed by atoms with E-state index in [1.54, 1.807) is 0 Å². The Morgan fingerprint density at radius 3 is 1.58 bits per heavy atom. The summed E-state index contributed by atoms with van der Waals surface area (Å²) in [4.78, 5) is 0. The van der Waals surface area contributed by atoms with Gasteiger partial charge in [-0.05, 0) is 14.1 Å². The third-order valence-corrected chi connectivity index (χ3v) is 2.29. The molecule has 0 bridgehead atoms. The number of hydrogen-bond donors (Lipinski definition) is 2. The lowest BCUT2D eigenvalue weighted by atomic mass is 10.1. The zero-order chi connectivity index (χ0) is 16.0. The molecule has 2 N–H and O–H groups in total. The highest BCUT2D eigenvalue weighted by molar-refractivity contribution is 7.86. The first kappa shape index (κ1) is 20.7. The molecule has 0 aliphatic heterocycles. The van der Waals surface area contributed by atoms with Crippen molar-refractivity contribution in [2.24, 2.45) is 0 Å². The monoisotopic (exact) mass is 323 g/mol. The van der Waals surface area contributed by atoms with Gasteiger partial charge < -0.3 is 5.32 Å². The maximum Gasteiger partial charge on any atom is 0.329 e. The average molecular weight is 323 g/mol. The van der Waals surface area contributed by atoms with Crippen LogP contribution < -0.4 is 5.32 Å². The minimum atomic E-state index is -6.03. The summed E-state index contributed by atoms with van der Waals surface area (Å²) in [6.07, 6.45) is -12.7. The molecule has 0 aromatic carbocycles. The van der Waals surface area contributed by atoms with Gasteiger partial charge in [-0.15, -0.1) is 0 Å². The Hall–Kier alpha value is -0.620. The second-order valence-corrected chi connectivity index (χ2v) is 4.63. The Bertz CT molecular complexity index is 351. The van der Waals surface area contributed by atoms with Crippen molar-refractivity contribution in [1.82, 2.24) is 5.32 Å². The Kier molecular flexibility index (Phi) is 8.54. The lowest BCUT2D eigenvalue weighted by Crippen LogP contribution is -2.49. The number of rotatable bonds is 5. The maximum atomic E-state index is 12.5. The number of hydrogen-bond acceptors (Lipinski definition) is 3. The third-order valence-electron chi connectivity index (χ3n) is 1.45. The summed E-state index contributed by atoms with van der Waals surface area (Å²) in [5.74, 6) is -5.62. The van der Waals surface area contributed by atoms with E-state index in [1.165, 1.54) is 0 Å². The van der Waals surface area contributed by atoms with E-state index in [0.29, 0.717) is 0 Å². The molecule has 0 saturated carbocycles. The Morgan fingerprint density at radius 1 is 1.05 bits per heavy atom. The molecule has 0 fully saturated rings. The predicted molar refractivity (Wildman–Crippen MR) is 52.2 cm³/mol. The molecule has 3 unspecified atom stereocenters. The molecule has 0 aliphatic carbocycles. The topological polar surface area (TPSA) is 66.4 Å². The van der Waals surface area contributed by atoms with Crippen LogP contribution in [0.4, 0.5) is 30.7 Å². The SMILES string of the molecule is CNC.O=S(=O)(O)C(F)C(F)(F)C(F)C(F)C(F)F. The highest BCUT2D eigenvalue weighted by Gasteiger charge is 2.59. The molecule has 0 aromatic heterocycles. The van der Waals surface area contributed by atoms with Crippen molar-refractivity contribution in [3.63, 3.8) is 0 Å². The highest BCUT2D eigenvalue weighted by atomic mass is 32.2. The van der Waals surface area contributed by atoms with Gasteiger partial charge in [0.1, 0.15) is 0 Å². The van der Waals surface area contributed by atoms with Gasteiger partial charge in [0.25, 0.3) is 11.9 Å². The van der Waals surface area contributed by atoms with Crippen molar-refractivity contribution >= 4 is 10.1 Å². The van der Waals surface area contributed by atoms with Crippen LogP contribution in [0.25, 0.3) is 0 Å². The van der Waals surface area contributed by atoms with Crippen LogP contribution in [0.3, 0.4) is 0 Å². The molecule has 4 nitrogen and oxygen atoms in total. The second-order valence-electron chi connectivity index (χ2n) is 3.19. The summed E-state index contributed by atoms with van der Waals surface area (Å²) in [6.45, 7) is 0. The van der Waals surface area contributed by atoms with E-state index in [4.69, 9.17) is 4.55 Å². The van der Waals surface area contributed by atoms with Crippen LogP contribution in [0.2, 0.25) is 0 Å². The lowest BCUT2D eigenvalue weighted by molar-refractivity contribution is -0.147. The molecule has 0 rings (SSSR count). The Morgan fingerprint density at radius 2 is 1.37 bits per heavy atom. The fourth-order valence-electron chi connectivity index (χ4n) is 0.664. The van der Waals surface area contributed by atoms with E-state index in [-0.39, 0.29) is 0 Å². The van der Waals surface area contributed by atoms with Gasteiger partial charge >= 0.3 is 16.0 Å². The molecule has 19 heavy (non-hydrogen) atoms. The predicted octanol–water partition coefficient (Wildman–Crippen LogP) is 1.58. The quantitative estimate of drug-likeness (QED) is 0.595. The van der Waals surface area contributed by atoms with Gasteiger partial charge in [0.2, 0.25) is 6.17 Å². The van der Waals surface area contributed by atoms with Gasteiger partial charge in [0, 0.05) is 0 Å². The molecule has 0 amide bonds. The molecule has 12 heteroatoms. The number of halogens is 7. The van der Waals surface area contributed by atoms with E-state index in [9.17, 15) is 39.2 Å². The summed E-state index contributed by atoms with van der Waals surface area (Å²) < 4.78 is 112. The van der Waals surface area contributed by atoms with Crippen LogP contribution in [0.15, 0.2) is 0 Å². The van der Waals surface area contributed by atoms with Crippen LogP contribution in [0.5, 0.6) is 0 Å². The minimum Gasteiger partial charge on any atom is -0.323 e. The highest BCUT2D eigenvalue weighted by Crippen LogP contribution is 2.35. The first-order valence-electron chi connectivity index (χ1n) is 4.46. The fraction of sp³-hybridized carbons (Fsp3) is 1.00. The van der Waals surface area contributed by atoms with E-state index in [2.05, 4.69) is 5.32 Å². The Labute approximate surface area is 104 Å². The molecule has 0 spiro atoms. The number of nitrogens with one attached hydrogen (secondary N) is 1. The van der Waals surface area contributed by atoms with Crippen LogP contribution >= 0.6 is 0 Å². The molecule has 0 heterocycles. The standard InChI is InChI=1S/C5H5F7O3S.C2H7N/c6-1(3(8)9)2(7)5(11,12)4(10)16(13,14)15;1-3-2/h1-4H,(H,13,14,15);3H,1-2H3. The van der Waals surface area contributed by atoms with Gasteiger partial charge in [0.05, 0.1) is 0 Å². The summed E-state index contributed by atoms with van der Waals surface area (Å²) in [7, 11) is -2.28. The molecule has 0 saturated heterocycles. The van der Waals surface area contributed by atoms with Crippen LogP contribution in [-0.2, 0) is 10.1 Å². The molecule has 0 aromatic rings. The van der Waals surface area contributed by atoms with E-state index < -0.39 is 40.3 Å². The smallest absolute Gasteiger partial charge is 0.323 e. The average Bonchev–Trinajstić information content (AvgIpc) is 2.25. The van der Waals surface area contributed by atoms with Crippen molar-refractivity contribution in [3.8, 4) is 0 Å². The summed E-state index contributed by atoms with van der Waals surface area (Å²) in [5, 5.41) is 2.75. The summed E-state index contributed by atoms with van der Waals surface area (Å²) >= 11 is 0. The van der Waals surface area contributed by atoms with Crippen LogP contribution in [0, 0.1) is 0 Å². The van der Waals surface area contributed by atoms with Crippen molar-refractivity contribution < 1.29 is 43.7 Å². The maximum absolute atomic E-state index is 12.5. The van der Waals surface area contributed by atoms with Crippen molar-refractivity contribution in [3.05, 3.63) is 0 Å². The number of alkyl halides is 7. The zero-order valence-electron chi connectivity index (χ0n) is 9.63. The van der Waals surface area contributed by atoms with Gasteiger partial charge in [-0.1, -0.05) is 0 Å². The summed E-state index contributed by atoms with van der Waals surface area (Å²) in [5.41, 5.74) is -4.52. The van der Waals surface area contributed by atoms with E-state index in [1.807, 2.05) is 14.1 Å². The second kappa shape index (κ2) is 7.85. The van der Waals surface area contributed by atoms with Crippen molar-refractivity contribution in [2.75, 3.05) is 14.1 Å². The molecule has 0 radical (unpaired) electrons. The Balaban J connectivity index is 0. The molecule has 118 valence electrons. The molecular formula is C7H12F7NO3S. The van der Waals surface area contributed by atoms with Crippen LogP contribution in [-0.4, -0.2) is 57.3 Å². The third kappa shape index (κ3) is 6.38. The fourth-order valence-corrected chi connectivity index (χ4v) is 1.19. The van der Waals surface area contributed by atoms with Gasteiger partial charge in [-0.2, -0.15) is 17.2 Å². The van der Waals surface area contributed by atoms with Crippen molar-refractivity contribution in [1.29, 1.82) is 0 Å². The van der Waals surface area contributed by atoms with Gasteiger partial charge in [0.15, 0.2) is 6.17 Å². The molecule has 0 aliphatic rings. The van der Waals surface area contributed by atoms with Gasteiger partial charge in [-0.3, -0.25) is 4.55 Å². The van der Waals surface area contributed by atoms with Crippen molar-refractivity contribution in [2.45, 2.75) is 30.2 Å². The molecular weight excluding hydrogens is 311 g/mol. The summed E-state index contributed by atoms with van der Waals surface area (Å²) in [6, 6.07) is 0. The van der Waals surface area contributed by atoms with E-state index >= 15 is 0 Å². The first-order valence-corrected chi connectivity index (χ1v) is 5.97. The van der Waals surface area contributed by atoms with Crippen LogP contribution in [0.1, 0.15) is 0 Å². The van der Waals surface area contributed by atoms with E-state index in [0.717, 1.165) is 0 Å². The first-order chi connectivity index (χ1) is 8.33. The minimum absolute atomic E-state index is 1.88.